The molecule has 1 rings (SSSR count). The first-order chi connectivity index (χ1) is 7.98. The van der Waals surface area contributed by atoms with Crippen molar-refractivity contribution >= 4 is 0 Å². The van der Waals surface area contributed by atoms with Crippen LogP contribution in [0.2, 0.25) is 0 Å². The molecule has 0 saturated carbocycles. The molecule has 1 atom stereocenters. The Morgan fingerprint density at radius 3 is 2.29 bits per heavy atom. The molecule has 1 aromatic rings. The Bertz CT molecular complexity index is 329. The monoisotopic (exact) mass is 235 g/mol. The molecule has 2 heteroatoms. The fourth-order valence-corrected chi connectivity index (χ4v) is 1.95. The van der Waals surface area contributed by atoms with Gasteiger partial charge in [0.05, 0.1) is 5.60 Å². The summed E-state index contributed by atoms with van der Waals surface area (Å²) in [6.07, 6.45) is 3.15. The number of ether oxygens (including phenoxy) is 1. The van der Waals surface area contributed by atoms with E-state index < -0.39 is 0 Å². The summed E-state index contributed by atoms with van der Waals surface area (Å²) in [7, 11) is 1.73. The van der Waals surface area contributed by atoms with Crippen molar-refractivity contribution in [2.24, 2.45) is 5.73 Å². The topological polar surface area (TPSA) is 35.2 Å². The van der Waals surface area contributed by atoms with Crippen molar-refractivity contribution in [1.82, 2.24) is 0 Å². The second-order valence-electron chi connectivity index (χ2n) is 5.27. The molecule has 96 valence electrons. The van der Waals surface area contributed by atoms with Gasteiger partial charge in [-0.15, -0.1) is 0 Å². The molecule has 17 heavy (non-hydrogen) atoms. The average molecular weight is 235 g/mol. The smallest absolute Gasteiger partial charge is 0.0640 e. The molecule has 0 saturated heterocycles. The lowest BCUT2D eigenvalue weighted by Gasteiger charge is -2.26. The fraction of sp³-hybridized carbons (Fsp3) is 0.600. The molecule has 0 fully saturated rings. The van der Waals surface area contributed by atoms with E-state index in [1.807, 2.05) is 0 Å². The standard InChI is InChI=1S/C15H25NO/c1-5-6-12-7-9-13(10-8-12)14(16)11-15(2,3)17-4/h7-10,14H,5-6,11,16H2,1-4H3. The molecule has 1 unspecified atom stereocenters. The van der Waals surface area contributed by atoms with Crippen LogP contribution in [0.15, 0.2) is 24.3 Å². The van der Waals surface area contributed by atoms with Gasteiger partial charge in [-0.1, -0.05) is 37.6 Å². The van der Waals surface area contributed by atoms with Gasteiger partial charge in [0.15, 0.2) is 0 Å². The lowest BCUT2D eigenvalue weighted by Crippen LogP contribution is -2.28. The van der Waals surface area contributed by atoms with Gasteiger partial charge in [0, 0.05) is 13.2 Å². The van der Waals surface area contributed by atoms with Crippen LogP contribution in [0.3, 0.4) is 0 Å². The summed E-state index contributed by atoms with van der Waals surface area (Å²) in [6.45, 7) is 6.33. The maximum atomic E-state index is 6.20. The van der Waals surface area contributed by atoms with Crippen molar-refractivity contribution in [2.75, 3.05) is 7.11 Å². The van der Waals surface area contributed by atoms with Crippen LogP contribution in [0.5, 0.6) is 0 Å². The van der Waals surface area contributed by atoms with Gasteiger partial charge in [0.2, 0.25) is 0 Å². The van der Waals surface area contributed by atoms with Crippen molar-refractivity contribution in [2.45, 2.75) is 51.7 Å². The Morgan fingerprint density at radius 2 is 1.82 bits per heavy atom. The van der Waals surface area contributed by atoms with Crippen LogP contribution in [-0.2, 0) is 11.2 Å². The zero-order chi connectivity index (χ0) is 12.9. The minimum Gasteiger partial charge on any atom is -0.379 e. The summed E-state index contributed by atoms with van der Waals surface area (Å²) in [5.74, 6) is 0. The van der Waals surface area contributed by atoms with E-state index in [-0.39, 0.29) is 11.6 Å². The molecule has 0 amide bonds. The Labute approximate surface area is 105 Å². The van der Waals surface area contributed by atoms with Crippen LogP contribution in [0.4, 0.5) is 0 Å². The van der Waals surface area contributed by atoms with Crippen molar-refractivity contribution in [3.05, 3.63) is 35.4 Å². The molecular formula is C15H25NO. The summed E-state index contributed by atoms with van der Waals surface area (Å²) in [5, 5.41) is 0. The molecule has 0 aromatic heterocycles. The molecule has 1 aromatic carbocycles. The quantitative estimate of drug-likeness (QED) is 0.819. The summed E-state index contributed by atoms with van der Waals surface area (Å²) in [4.78, 5) is 0. The highest BCUT2D eigenvalue weighted by molar-refractivity contribution is 5.25. The largest absolute Gasteiger partial charge is 0.379 e. The van der Waals surface area contributed by atoms with E-state index in [2.05, 4.69) is 45.0 Å². The first kappa shape index (κ1) is 14.2. The number of hydrogen-bond acceptors (Lipinski definition) is 2. The Hall–Kier alpha value is -0.860. The van der Waals surface area contributed by atoms with E-state index in [0.717, 1.165) is 12.8 Å². The van der Waals surface area contributed by atoms with Gasteiger partial charge in [-0.3, -0.25) is 0 Å². The molecule has 0 spiro atoms. The molecule has 2 nitrogen and oxygen atoms in total. The molecule has 0 aliphatic carbocycles. The normalized spacial score (nSPS) is 13.7. The van der Waals surface area contributed by atoms with Crippen LogP contribution in [0, 0.1) is 0 Å². The summed E-state index contributed by atoms with van der Waals surface area (Å²) in [5.41, 5.74) is 8.61. The highest BCUT2D eigenvalue weighted by Gasteiger charge is 2.21. The third-order valence-corrected chi connectivity index (χ3v) is 3.21. The van der Waals surface area contributed by atoms with Crippen molar-refractivity contribution < 1.29 is 4.74 Å². The Kier molecular flexibility index (Phi) is 5.16. The van der Waals surface area contributed by atoms with E-state index in [4.69, 9.17) is 10.5 Å². The lowest BCUT2D eigenvalue weighted by molar-refractivity contribution is 0.00995. The minimum atomic E-state index is -0.165. The third-order valence-electron chi connectivity index (χ3n) is 3.21. The summed E-state index contributed by atoms with van der Waals surface area (Å²) in [6, 6.07) is 8.68. The molecule has 0 bridgehead atoms. The van der Waals surface area contributed by atoms with E-state index in [9.17, 15) is 0 Å². The molecule has 2 N–H and O–H groups in total. The average Bonchev–Trinajstić information content (AvgIpc) is 2.30. The minimum absolute atomic E-state index is 0.0422. The van der Waals surface area contributed by atoms with Gasteiger partial charge < -0.3 is 10.5 Å². The zero-order valence-corrected chi connectivity index (χ0v) is 11.5. The van der Waals surface area contributed by atoms with Crippen LogP contribution in [-0.4, -0.2) is 12.7 Å². The first-order valence-corrected chi connectivity index (χ1v) is 6.38. The highest BCUT2D eigenvalue weighted by Crippen LogP contribution is 2.24. The van der Waals surface area contributed by atoms with Gasteiger partial charge in [-0.25, -0.2) is 0 Å². The molecule has 0 aliphatic heterocycles. The van der Waals surface area contributed by atoms with Crippen LogP contribution in [0.1, 0.15) is 50.8 Å². The van der Waals surface area contributed by atoms with Crippen molar-refractivity contribution in [1.29, 1.82) is 0 Å². The van der Waals surface area contributed by atoms with E-state index in [1.54, 1.807) is 7.11 Å². The number of rotatable bonds is 6. The van der Waals surface area contributed by atoms with Crippen molar-refractivity contribution in [3.63, 3.8) is 0 Å². The highest BCUT2D eigenvalue weighted by atomic mass is 16.5. The Morgan fingerprint density at radius 1 is 1.24 bits per heavy atom. The predicted octanol–water partition coefficient (Wildman–Crippen LogP) is 3.45. The molecule has 0 radical (unpaired) electrons. The van der Waals surface area contributed by atoms with Gasteiger partial charge in [0.25, 0.3) is 0 Å². The van der Waals surface area contributed by atoms with E-state index >= 15 is 0 Å². The maximum absolute atomic E-state index is 6.20. The molecule has 0 heterocycles. The lowest BCUT2D eigenvalue weighted by atomic mass is 9.93. The summed E-state index contributed by atoms with van der Waals surface area (Å²) < 4.78 is 5.41. The van der Waals surface area contributed by atoms with Crippen LogP contribution >= 0.6 is 0 Å². The van der Waals surface area contributed by atoms with E-state index in [0.29, 0.717) is 0 Å². The first-order valence-electron chi connectivity index (χ1n) is 6.38. The molecular weight excluding hydrogens is 210 g/mol. The second-order valence-corrected chi connectivity index (χ2v) is 5.27. The van der Waals surface area contributed by atoms with Gasteiger partial charge in [-0.05, 0) is 37.8 Å². The van der Waals surface area contributed by atoms with Crippen molar-refractivity contribution in [3.8, 4) is 0 Å². The number of hydrogen-bond donors (Lipinski definition) is 1. The maximum Gasteiger partial charge on any atom is 0.0640 e. The zero-order valence-electron chi connectivity index (χ0n) is 11.5. The number of nitrogens with two attached hydrogens (primary N) is 1. The van der Waals surface area contributed by atoms with E-state index in [1.165, 1.54) is 17.5 Å². The number of benzene rings is 1. The van der Waals surface area contributed by atoms with Gasteiger partial charge in [-0.2, -0.15) is 0 Å². The SMILES string of the molecule is CCCc1ccc(C(N)CC(C)(C)OC)cc1. The van der Waals surface area contributed by atoms with Crippen LogP contribution < -0.4 is 5.73 Å². The predicted molar refractivity (Wildman–Crippen MR) is 73.1 cm³/mol. The van der Waals surface area contributed by atoms with Gasteiger partial charge >= 0.3 is 0 Å². The Balaban J connectivity index is 2.66. The van der Waals surface area contributed by atoms with Crippen LogP contribution in [0.25, 0.3) is 0 Å². The number of methoxy groups -OCH3 is 1. The number of aryl methyl sites for hydroxylation is 1. The second kappa shape index (κ2) is 6.18. The van der Waals surface area contributed by atoms with Gasteiger partial charge in [0.1, 0.15) is 0 Å². The third kappa shape index (κ3) is 4.49. The molecule has 0 aliphatic rings. The summed E-state index contributed by atoms with van der Waals surface area (Å²) >= 11 is 0. The fourth-order valence-electron chi connectivity index (χ4n) is 1.95.